The number of ether oxygens (including phenoxy) is 2. The van der Waals surface area contributed by atoms with E-state index in [2.05, 4.69) is 10.9 Å². The Balaban J connectivity index is 1.81. The highest BCUT2D eigenvalue weighted by molar-refractivity contribution is 5.85. The van der Waals surface area contributed by atoms with Crippen LogP contribution in [0.15, 0.2) is 36.4 Å². The number of carbonyl (C=O) groups is 2. The normalized spacial score (nSPS) is 11.4. The van der Waals surface area contributed by atoms with Gasteiger partial charge >= 0.3 is 0 Å². The molecule has 0 aliphatic rings. The summed E-state index contributed by atoms with van der Waals surface area (Å²) in [6.07, 6.45) is -0.759. The van der Waals surface area contributed by atoms with Crippen LogP contribution in [0.5, 0.6) is 11.5 Å². The number of rotatable bonds is 6. The molecule has 1 atom stereocenters. The van der Waals surface area contributed by atoms with Gasteiger partial charge in [0, 0.05) is 0 Å². The Labute approximate surface area is 159 Å². The number of hydrazine groups is 1. The average molecular weight is 370 g/mol. The molecule has 0 heterocycles. The Bertz CT molecular complexity index is 792. The first-order valence-electron chi connectivity index (χ1n) is 8.79. The lowest BCUT2D eigenvalue weighted by Gasteiger charge is -2.18. The van der Waals surface area contributed by atoms with Crippen molar-refractivity contribution in [2.45, 2.75) is 40.7 Å². The highest BCUT2D eigenvalue weighted by atomic mass is 16.5. The summed E-state index contributed by atoms with van der Waals surface area (Å²) in [4.78, 5) is 24.0. The highest BCUT2D eigenvalue weighted by Crippen LogP contribution is 2.23. The minimum absolute atomic E-state index is 0.199. The van der Waals surface area contributed by atoms with Gasteiger partial charge in [0.05, 0.1) is 0 Å². The van der Waals surface area contributed by atoms with Crippen molar-refractivity contribution in [3.63, 3.8) is 0 Å². The van der Waals surface area contributed by atoms with Gasteiger partial charge in [0.1, 0.15) is 11.5 Å². The maximum Gasteiger partial charge on any atom is 0.279 e. The topological polar surface area (TPSA) is 76.7 Å². The van der Waals surface area contributed by atoms with Crippen LogP contribution in [0.1, 0.15) is 29.2 Å². The Morgan fingerprint density at radius 3 is 2.15 bits per heavy atom. The van der Waals surface area contributed by atoms with Crippen LogP contribution >= 0.6 is 0 Å². The van der Waals surface area contributed by atoms with Gasteiger partial charge in [0.25, 0.3) is 11.8 Å². The van der Waals surface area contributed by atoms with Crippen LogP contribution in [0.4, 0.5) is 0 Å². The molecule has 2 aromatic carbocycles. The number of aryl methyl sites for hydroxylation is 4. The zero-order valence-corrected chi connectivity index (χ0v) is 16.4. The SMILES string of the molecule is Cc1cc(C)cc(OCC(=O)NNC(=O)C(C)Oc2c(C)cccc2C)c1. The predicted octanol–water partition coefficient (Wildman–Crippen LogP) is 2.91. The van der Waals surface area contributed by atoms with Crippen molar-refractivity contribution >= 4 is 11.8 Å². The molecule has 0 aromatic heterocycles. The molecule has 2 N–H and O–H groups in total. The van der Waals surface area contributed by atoms with Gasteiger partial charge in [-0.3, -0.25) is 20.4 Å². The van der Waals surface area contributed by atoms with Gasteiger partial charge in [-0.1, -0.05) is 24.3 Å². The lowest BCUT2D eigenvalue weighted by molar-refractivity contribution is -0.133. The van der Waals surface area contributed by atoms with Crippen molar-refractivity contribution in [2.24, 2.45) is 0 Å². The lowest BCUT2D eigenvalue weighted by atomic mass is 10.1. The number of benzene rings is 2. The van der Waals surface area contributed by atoms with Crippen LogP contribution in [-0.2, 0) is 9.59 Å². The Morgan fingerprint density at radius 1 is 0.963 bits per heavy atom. The quantitative estimate of drug-likeness (QED) is 0.767. The smallest absolute Gasteiger partial charge is 0.279 e. The summed E-state index contributed by atoms with van der Waals surface area (Å²) in [5, 5.41) is 0. The van der Waals surface area contributed by atoms with E-state index >= 15 is 0 Å². The fraction of sp³-hybridized carbons (Fsp3) is 0.333. The maximum atomic E-state index is 12.1. The molecule has 0 saturated carbocycles. The molecule has 27 heavy (non-hydrogen) atoms. The predicted molar refractivity (Wildman–Crippen MR) is 104 cm³/mol. The number of nitrogens with one attached hydrogen (secondary N) is 2. The van der Waals surface area contributed by atoms with Crippen molar-refractivity contribution in [1.29, 1.82) is 0 Å². The highest BCUT2D eigenvalue weighted by Gasteiger charge is 2.17. The van der Waals surface area contributed by atoms with E-state index in [9.17, 15) is 9.59 Å². The molecule has 6 heteroatoms. The molecule has 0 spiro atoms. The largest absolute Gasteiger partial charge is 0.484 e. The maximum absolute atomic E-state index is 12.1. The molecule has 1 unspecified atom stereocenters. The van der Waals surface area contributed by atoms with E-state index in [0.717, 1.165) is 22.3 Å². The van der Waals surface area contributed by atoms with Gasteiger partial charge in [0.2, 0.25) is 0 Å². The van der Waals surface area contributed by atoms with E-state index in [1.807, 2.05) is 64.1 Å². The molecule has 2 amide bonds. The molecule has 2 rings (SSSR count). The first-order chi connectivity index (χ1) is 12.8. The molecule has 0 aliphatic heterocycles. The van der Waals surface area contributed by atoms with Crippen molar-refractivity contribution in [3.8, 4) is 11.5 Å². The molecule has 2 aromatic rings. The zero-order valence-electron chi connectivity index (χ0n) is 16.4. The fourth-order valence-electron chi connectivity index (χ4n) is 2.65. The minimum Gasteiger partial charge on any atom is -0.484 e. The second-order valence-corrected chi connectivity index (χ2v) is 6.63. The third-order valence-electron chi connectivity index (χ3n) is 3.96. The van der Waals surface area contributed by atoms with Crippen LogP contribution in [-0.4, -0.2) is 24.5 Å². The van der Waals surface area contributed by atoms with Crippen molar-refractivity contribution in [3.05, 3.63) is 58.7 Å². The van der Waals surface area contributed by atoms with Crippen LogP contribution < -0.4 is 20.3 Å². The summed E-state index contributed by atoms with van der Waals surface area (Å²) in [5.74, 6) is 0.379. The monoisotopic (exact) mass is 370 g/mol. The van der Waals surface area contributed by atoms with Gasteiger partial charge in [-0.25, -0.2) is 0 Å². The van der Waals surface area contributed by atoms with Gasteiger partial charge < -0.3 is 9.47 Å². The van der Waals surface area contributed by atoms with E-state index in [0.29, 0.717) is 11.5 Å². The van der Waals surface area contributed by atoms with Gasteiger partial charge in [-0.2, -0.15) is 0 Å². The van der Waals surface area contributed by atoms with Crippen LogP contribution in [0.25, 0.3) is 0 Å². The van der Waals surface area contributed by atoms with Crippen molar-refractivity contribution < 1.29 is 19.1 Å². The van der Waals surface area contributed by atoms with Crippen LogP contribution in [0.2, 0.25) is 0 Å². The summed E-state index contributed by atoms with van der Waals surface area (Å²) in [7, 11) is 0. The van der Waals surface area contributed by atoms with E-state index in [1.165, 1.54) is 0 Å². The molecule has 0 aliphatic carbocycles. The summed E-state index contributed by atoms with van der Waals surface area (Å²) in [6.45, 7) is 9.17. The summed E-state index contributed by atoms with van der Waals surface area (Å²) in [6, 6.07) is 11.5. The molecular weight excluding hydrogens is 344 g/mol. The van der Waals surface area contributed by atoms with E-state index < -0.39 is 17.9 Å². The number of para-hydroxylation sites is 1. The molecule has 0 radical (unpaired) electrons. The number of hydrogen-bond acceptors (Lipinski definition) is 4. The Morgan fingerprint density at radius 2 is 1.56 bits per heavy atom. The third kappa shape index (κ3) is 6.02. The van der Waals surface area contributed by atoms with Crippen molar-refractivity contribution in [1.82, 2.24) is 10.9 Å². The molecular formula is C21H26N2O4. The molecule has 6 nitrogen and oxygen atoms in total. The average Bonchev–Trinajstić information content (AvgIpc) is 2.60. The third-order valence-corrected chi connectivity index (χ3v) is 3.96. The molecule has 0 fully saturated rings. The molecule has 0 saturated heterocycles. The number of amides is 2. The van der Waals surface area contributed by atoms with Gasteiger partial charge in [0.15, 0.2) is 12.7 Å². The Hall–Kier alpha value is -3.02. The summed E-state index contributed by atoms with van der Waals surface area (Å²) >= 11 is 0. The second kappa shape index (κ2) is 9.07. The van der Waals surface area contributed by atoms with E-state index in [-0.39, 0.29) is 6.61 Å². The van der Waals surface area contributed by atoms with Gasteiger partial charge in [-0.05, 0) is 69.0 Å². The van der Waals surface area contributed by atoms with E-state index in [1.54, 1.807) is 6.92 Å². The fourth-order valence-corrected chi connectivity index (χ4v) is 2.65. The zero-order chi connectivity index (χ0) is 20.0. The van der Waals surface area contributed by atoms with Crippen LogP contribution in [0, 0.1) is 27.7 Å². The summed E-state index contributed by atoms with van der Waals surface area (Å²) < 4.78 is 11.2. The van der Waals surface area contributed by atoms with Crippen LogP contribution in [0.3, 0.4) is 0 Å². The second-order valence-electron chi connectivity index (χ2n) is 6.63. The van der Waals surface area contributed by atoms with Gasteiger partial charge in [-0.15, -0.1) is 0 Å². The number of hydrogen-bond donors (Lipinski definition) is 2. The minimum atomic E-state index is -0.759. The number of carbonyl (C=O) groups excluding carboxylic acids is 2. The standard InChI is InChI=1S/C21H26N2O4/c1-13-9-14(2)11-18(10-13)26-12-19(24)22-23-21(25)17(5)27-20-15(3)7-6-8-16(20)4/h6-11,17H,12H2,1-5H3,(H,22,24)(H,23,25). The lowest BCUT2D eigenvalue weighted by Crippen LogP contribution is -2.48. The first kappa shape index (κ1) is 20.3. The molecule has 144 valence electrons. The first-order valence-corrected chi connectivity index (χ1v) is 8.79. The summed E-state index contributed by atoms with van der Waals surface area (Å²) in [5.41, 5.74) is 8.69. The van der Waals surface area contributed by atoms with Crippen molar-refractivity contribution in [2.75, 3.05) is 6.61 Å². The molecule has 0 bridgehead atoms. The van der Waals surface area contributed by atoms with E-state index in [4.69, 9.17) is 9.47 Å². The Kier molecular flexibility index (Phi) is 6.82.